The number of nitrogens with one attached hydrogen (secondary N) is 1. The van der Waals surface area contributed by atoms with E-state index in [2.05, 4.69) is 10.3 Å². The van der Waals surface area contributed by atoms with Crippen molar-refractivity contribution in [1.82, 2.24) is 14.9 Å². The van der Waals surface area contributed by atoms with Crippen molar-refractivity contribution in [2.45, 2.75) is 25.3 Å². The van der Waals surface area contributed by atoms with Crippen molar-refractivity contribution in [3.05, 3.63) is 75.8 Å². The Labute approximate surface area is 192 Å². The maximum atomic E-state index is 12.8. The van der Waals surface area contributed by atoms with Crippen molar-refractivity contribution >= 4 is 29.1 Å². The summed E-state index contributed by atoms with van der Waals surface area (Å²) >= 11 is 12.0. The number of rotatable bonds is 9. The van der Waals surface area contributed by atoms with Crippen molar-refractivity contribution in [2.24, 2.45) is 7.05 Å². The molecular weight excluding hydrogens is 437 g/mol. The summed E-state index contributed by atoms with van der Waals surface area (Å²) in [4.78, 5) is 17.2. The molecule has 3 rings (SSSR count). The Balaban J connectivity index is 1.74. The lowest BCUT2D eigenvalue weighted by molar-refractivity contribution is -0.121. The number of nitrogens with zero attached hydrogens (tertiary/aromatic N) is 2. The van der Waals surface area contributed by atoms with Gasteiger partial charge in [-0.05, 0) is 48.2 Å². The molecular formula is C23H25Cl2N3O3. The molecule has 8 heteroatoms. The first-order chi connectivity index (χ1) is 14.9. The normalized spacial score (nSPS) is 11.8. The lowest BCUT2D eigenvalue weighted by Crippen LogP contribution is -2.31. The SMILES string of the molecule is COc1cc(OC)cc(C(NC(=O)CCCc2ccc(Cl)c(Cl)c2)c2nccn2C)c1. The number of carbonyl (C=O) groups is 1. The number of benzene rings is 2. The van der Waals surface area contributed by atoms with Crippen molar-refractivity contribution in [3.8, 4) is 11.5 Å². The van der Waals surface area contributed by atoms with E-state index in [-0.39, 0.29) is 5.91 Å². The highest BCUT2D eigenvalue weighted by Crippen LogP contribution is 2.29. The van der Waals surface area contributed by atoms with Gasteiger partial charge in [0.2, 0.25) is 5.91 Å². The molecule has 0 saturated carbocycles. The Morgan fingerprint density at radius 2 is 1.81 bits per heavy atom. The molecule has 0 fully saturated rings. The van der Waals surface area contributed by atoms with Crippen LogP contribution in [0.15, 0.2) is 48.8 Å². The third-order valence-electron chi connectivity index (χ3n) is 4.98. The third-order valence-corrected chi connectivity index (χ3v) is 5.72. The number of aromatic nitrogens is 2. The topological polar surface area (TPSA) is 65.4 Å². The van der Waals surface area contributed by atoms with Gasteiger partial charge in [-0.1, -0.05) is 29.3 Å². The molecule has 1 heterocycles. The van der Waals surface area contributed by atoms with Crippen LogP contribution in [0.5, 0.6) is 11.5 Å². The Morgan fingerprint density at radius 3 is 2.39 bits per heavy atom. The van der Waals surface area contributed by atoms with E-state index >= 15 is 0 Å². The Morgan fingerprint density at radius 1 is 1.10 bits per heavy atom. The highest BCUT2D eigenvalue weighted by molar-refractivity contribution is 6.42. The molecule has 1 aromatic heterocycles. The molecule has 0 aliphatic carbocycles. The van der Waals surface area contributed by atoms with E-state index < -0.39 is 6.04 Å². The van der Waals surface area contributed by atoms with Crippen LogP contribution in [-0.2, 0) is 18.3 Å². The summed E-state index contributed by atoms with van der Waals surface area (Å²) in [6.07, 6.45) is 5.32. The van der Waals surface area contributed by atoms with E-state index in [1.54, 1.807) is 32.5 Å². The molecule has 0 spiro atoms. The van der Waals surface area contributed by atoms with Gasteiger partial charge >= 0.3 is 0 Å². The minimum absolute atomic E-state index is 0.0742. The summed E-state index contributed by atoms with van der Waals surface area (Å²) in [6.45, 7) is 0. The zero-order valence-electron chi connectivity index (χ0n) is 17.7. The van der Waals surface area contributed by atoms with Gasteiger partial charge in [0.25, 0.3) is 0 Å². The fourth-order valence-corrected chi connectivity index (χ4v) is 3.65. The van der Waals surface area contributed by atoms with E-state index in [0.717, 1.165) is 17.5 Å². The summed E-state index contributed by atoms with van der Waals surface area (Å²) in [5, 5.41) is 4.15. The molecule has 2 aromatic carbocycles. The molecule has 0 aliphatic heterocycles. The van der Waals surface area contributed by atoms with Crippen LogP contribution in [0.2, 0.25) is 10.0 Å². The molecule has 1 amide bonds. The average molecular weight is 462 g/mol. The maximum Gasteiger partial charge on any atom is 0.220 e. The second kappa shape index (κ2) is 10.6. The highest BCUT2D eigenvalue weighted by Gasteiger charge is 2.22. The van der Waals surface area contributed by atoms with Crippen molar-refractivity contribution in [1.29, 1.82) is 0 Å². The first kappa shape index (κ1) is 23.0. The Bertz CT molecular complexity index is 1030. The largest absolute Gasteiger partial charge is 0.497 e. The predicted molar refractivity (Wildman–Crippen MR) is 122 cm³/mol. The molecule has 3 aromatic rings. The second-order valence-corrected chi connectivity index (χ2v) is 7.96. The summed E-state index contributed by atoms with van der Waals surface area (Å²) in [5.74, 6) is 1.92. The van der Waals surface area contributed by atoms with E-state index in [1.165, 1.54) is 0 Å². The monoisotopic (exact) mass is 461 g/mol. The molecule has 31 heavy (non-hydrogen) atoms. The van der Waals surface area contributed by atoms with Gasteiger partial charge in [0.05, 0.1) is 24.3 Å². The van der Waals surface area contributed by atoms with Gasteiger partial charge in [-0.15, -0.1) is 0 Å². The first-order valence-corrected chi connectivity index (χ1v) is 10.6. The zero-order valence-corrected chi connectivity index (χ0v) is 19.2. The summed E-state index contributed by atoms with van der Waals surface area (Å²) in [5.41, 5.74) is 1.86. The van der Waals surface area contributed by atoms with Crippen molar-refractivity contribution in [3.63, 3.8) is 0 Å². The van der Waals surface area contributed by atoms with E-state index in [4.69, 9.17) is 32.7 Å². The molecule has 0 bridgehead atoms. The number of methoxy groups -OCH3 is 2. The molecule has 1 N–H and O–H groups in total. The molecule has 0 aliphatic rings. The van der Waals surface area contributed by atoms with Crippen LogP contribution < -0.4 is 14.8 Å². The first-order valence-electron chi connectivity index (χ1n) is 9.84. The number of imidazole rings is 1. The van der Waals surface area contributed by atoms with E-state index in [0.29, 0.717) is 40.2 Å². The second-order valence-electron chi connectivity index (χ2n) is 7.14. The van der Waals surface area contributed by atoms with Gasteiger partial charge in [-0.25, -0.2) is 4.98 Å². The maximum absolute atomic E-state index is 12.8. The number of halogens is 2. The third kappa shape index (κ3) is 5.93. The van der Waals surface area contributed by atoms with Gasteiger partial charge in [-0.3, -0.25) is 4.79 Å². The Hall–Kier alpha value is -2.70. The van der Waals surface area contributed by atoms with Gasteiger partial charge in [0.15, 0.2) is 0 Å². The van der Waals surface area contributed by atoms with Gasteiger partial charge < -0.3 is 19.4 Å². The lowest BCUT2D eigenvalue weighted by Gasteiger charge is -2.20. The fraction of sp³-hybridized carbons (Fsp3) is 0.304. The quantitative estimate of drug-likeness (QED) is 0.488. The van der Waals surface area contributed by atoms with Crippen LogP contribution in [-0.4, -0.2) is 29.7 Å². The van der Waals surface area contributed by atoms with Crippen molar-refractivity contribution in [2.75, 3.05) is 14.2 Å². The standard InChI is InChI=1S/C23H25Cl2N3O3/c1-28-10-9-26-23(28)22(16-12-17(30-2)14-18(13-16)31-3)27-21(29)6-4-5-15-7-8-19(24)20(25)11-15/h7-14,22H,4-6H2,1-3H3,(H,27,29). The zero-order chi connectivity index (χ0) is 22.4. The summed E-state index contributed by atoms with van der Waals surface area (Å²) in [7, 11) is 5.08. The highest BCUT2D eigenvalue weighted by atomic mass is 35.5. The molecule has 0 saturated heterocycles. The van der Waals surface area contributed by atoms with Gasteiger partial charge in [0.1, 0.15) is 23.4 Å². The van der Waals surface area contributed by atoms with Crippen LogP contribution in [0.3, 0.4) is 0 Å². The van der Waals surface area contributed by atoms with Crippen molar-refractivity contribution < 1.29 is 14.3 Å². The van der Waals surface area contributed by atoms with E-state index in [9.17, 15) is 4.79 Å². The molecule has 164 valence electrons. The fourth-order valence-electron chi connectivity index (χ4n) is 3.33. The minimum atomic E-state index is -0.443. The Kier molecular flexibility index (Phi) is 7.82. The van der Waals surface area contributed by atoms with Crippen LogP contribution >= 0.6 is 23.2 Å². The van der Waals surface area contributed by atoms with Gasteiger partial charge in [0, 0.05) is 31.9 Å². The molecule has 1 unspecified atom stereocenters. The predicted octanol–water partition coefficient (Wildman–Crippen LogP) is 4.97. The lowest BCUT2D eigenvalue weighted by atomic mass is 10.0. The minimum Gasteiger partial charge on any atom is -0.497 e. The smallest absolute Gasteiger partial charge is 0.220 e. The van der Waals surface area contributed by atoms with Crippen LogP contribution in [0.1, 0.15) is 35.8 Å². The van der Waals surface area contributed by atoms with Crippen LogP contribution in [0.25, 0.3) is 0 Å². The summed E-state index contributed by atoms with van der Waals surface area (Å²) < 4.78 is 12.7. The number of carbonyl (C=O) groups excluding carboxylic acids is 1. The molecule has 1 atom stereocenters. The van der Waals surface area contributed by atoms with Crippen LogP contribution in [0, 0.1) is 0 Å². The number of hydrogen-bond donors (Lipinski definition) is 1. The number of hydrogen-bond acceptors (Lipinski definition) is 4. The molecule has 6 nitrogen and oxygen atoms in total. The van der Waals surface area contributed by atoms with E-state index in [1.807, 2.05) is 42.1 Å². The number of ether oxygens (including phenoxy) is 2. The number of amides is 1. The molecule has 0 radical (unpaired) electrons. The summed E-state index contributed by atoms with van der Waals surface area (Å²) in [6, 6.07) is 10.6. The van der Waals surface area contributed by atoms with Crippen LogP contribution in [0.4, 0.5) is 0 Å². The number of aryl methyl sites for hydroxylation is 2. The van der Waals surface area contributed by atoms with Gasteiger partial charge in [-0.2, -0.15) is 0 Å². The average Bonchev–Trinajstić information content (AvgIpc) is 3.19.